The summed E-state index contributed by atoms with van der Waals surface area (Å²) in [6, 6.07) is 19.3. The van der Waals surface area contributed by atoms with Crippen molar-refractivity contribution in [1.82, 2.24) is 15.1 Å². The number of carbonyl (C=O) groups excluding carboxylic acids is 1. The van der Waals surface area contributed by atoms with Gasteiger partial charge in [-0.3, -0.25) is 4.79 Å². The number of nitriles is 1. The summed E-state index contributed by atoms with van der Waals surface area (Å²) < 4.78 is 2.70. The Morgan fingerprint density at radius 2 is 1.88 bits per heavy atom. The molecular formula is C20H15BrN4O. The molecule has 0 saturated heterocycles. The number of nitrogens with one attached hydrogen (secondary N) is 1. The van der Waals surface area contributed by atoms with Gasteiger partial charge in [0.05, 0.1) is 11.4 Å². The molecule has 0 radical (unpaired) electrons. The number of rotatable bonds is 4. The zero-order valence-corrected chi connectivity index (χ0v) is 15.6. The number of amides is 1. The highest BCUT2D eigenvalue weighted by Gasteiger charge is 2.14. The molecule has 0 aliphatic heterocycles. The largest absolute Gasteiger partial charge is 0.354 e. The predicted octanol–water partition coefficient (Wildman–Crippen LogP) is 3.95. The van der Waals surface area contributed by atoms with E-state index in [1.807, 2.05) is 66.9 Å². The minimum Gasteiger partial charge on any atom is -0.354 e. The monoisotopic (exact) mass is 406 g/mol. The van der Waals surface area contributed by atoms with Crippen molar-refractivity contribution in [1.29, 1.82) is 5.26 Å². The van der Waals surface area contributed by atoms with E-state index in [1.165, 1.54) is 7.05 Å². The number of hydrogen-bond donors (Lipinski definition) is 1. The van der Waals surface area contributed by atoms with E-state index in [0.29, 0.717) is 11.3 Å². The average Bonchev–Trinajstić information content (AvgIpc) is 3.10. The Balaban J connectivity index is 2.16. The highest BCUT2D eigenvalue weighted by molar-refractivity contribution is 9.10. The highest BCUT2D eigenvalue weighted by Crippen LogP contribution is 2.27. The molecule has 0 aliphatic rings. The molecule has 0 fully saturated rings. The van der Waals surface area contributed by atoms with Crippen LogP contribution in [0.4, 0.5) is 0 Å². The van der Waals surface area contributed by atoms with Crippen molar-refractivity contribution >= 4 is 27.9 Å². The lowest BCUT2D eigenvalue weighted by molar-refractivity contribution is -0.116. The summed E-state index contributed by atoms with van der Waals surface area (Å²) in [5.41, 5.74) is 3.19. The molecule has 0 atom stereocenters. The van der Waals surface area contributed by atoms with E-state index in [-0.39, 0.29) is 5.57 Å². The van der Waals surface area contributed by atoms with Crippen LogP contribution >= 0.6 is 15.9 Å². The van der Waals surface area contributed by atoms with Gasteiger partial charge in [-0.25, -0.2) is 4.68 Å². The first-order valence-corrected chi connectivity index (χ1v) is 8.66. The third kappa shape index (κ3) is 3.73. The first kappa shape index (κ1) is 17.6. The number of likely N-dealkylation sites (N-methyl/N-ethyl adjacent to an activating group) is 1. The number of aromatic nitrogens is 2. The molecule has 0 saturated carbocycles. The van der Waals surface area contributed by atoms with Crippen LogP contribution < -0.4 is 5.32 Å². The Labute approximate surface area is 159 Å². The van der Waals surface area contributed by atoms with Gasteiger partial charge in [-0.2, -0.15) is 10.4 Å². The fraction of sp³-hybridized carbons (Fsp3) is 0.0500. The van der Waals surface area contributed by atoms with Crippen LogP contribution in [-0.2, 0) is 4.79 Å². The predicted molar refractivity (Wildman–Crippen MR) is 104 cm³/mol. The summed E-state index contributed by atoms with van der Waals surface area (Å²) in [6.45, 7) is 0. The number of halogens is 1. The summed E-state index contributed by atoms with van der Waals surface area (Å²) in [7, 11) is 1.50. The van der Waals surface area contributed by atoms with Gasteiger partial charge in [0, 0.05) is 28.8 Å². The smallest absolute Gasteiger partial charge is 0.261 e. The van der Waals surface area contributed by atoms with Gasteiger partial charge in [-0.05, 0) is 30.3 Å². The molecule has 0 spiro atoms. The van der Waals surface area contributed by atoms with E-state index in [9.17, 15) is 10.1 Å². The first-order valence-electron chi connectivity index (χ1n) is 7.87. The summed E-state index contributed by atoms with van der Waals surface area (Å²) in [6.07, 6.45) is 3.37. The third-order valence-corrected chi connectivity index (χ3v) is 4.30. The van der Waals surface area contributed by atoms with E-state index >= 15 is 0 Å². The third-order valence-electron chi connectivity index (χ3n) is 3.77. The lowest BCUT2D eigenvalue weighted by Crippen LogP contribution is -2.19. The van der Waals surface area contributed by atoms with Gasteiger partial charge in [0.1, 0.15) is 11.6 Å². The van der Waals surface area contributed by atoms with Crippen molar-refractivity contribution in [2.24, 2.45) is 0 Å². The van der Waals surface area contributed by atoms with Gasteiger partial charge in [-0.1, -0.05) is 46.3 Å². The van der Waals surface area contributed by atoms with E-state index in [0.717, 1.165) is 15.7 Å². The minimum atomic E-state index is -0.429. The van der Waals surface area contributed by atoms with Gasteiger partial charge < -0.3 is 5.32 Å². The Morgan fingerprint density at radius 3 is 2.50 bits per heavy atom. The maximum absolute atomic E-state index is 11.9. The van der Waals surface area contributed by atoms with E-state index < -0.39 is 5.91 Å². The zero-order chi connectivity index (χ0) is 18.5. The molecule has 3 rings (SSSR count). The van der Waals surface area contributed by atoms with Gasteiger partial charge >= 0.3 is 0 Å². The number of para-hydroxylation sites is 1. The molecule has 0 unspecified atom stereocenters. The molecule has 0 bridgehead atoms. The van der Waals surface area contributed by atoms with Gasteiger partial charge in [-0.15, -0.1) is 0 Å². The Morgan fingerprint density at radius 1 is 1.19 bits per heavy atom. The van der Waals surface area contributed by atoms with Crippen LogP contribution in [-0.4, -0.2) is 22.7 Å². The molecule has 1 N–H and O–H groups in total. The second kappa shape index (κ2) is 7.81. The Kier molecular flexibility index (Phi) is 5.30. The molecule has 1 aromatic heterocycles. The van der Waals surface area contributed by atoms with Crippen molar-refractivity contribution in [3.8, 4) is 23.0 Å². The SMILES string of the molecule is CNC(=O)/C(C#N)=C/c1cn(-c2ccccc2)nc1-c1ccc(Br)cc1. The van der Waals surface area contributed by atoms with Crippen molar-refractivity contribution in [3.63, 3.8) is 0 Å². The quantitative estimate of drug-likeness (QED) is 0.526. The van der Waals surface area contributed by atoms with Crippen molar-refractivity contribution in [3.05, 3.63) is 76.4 Å². The van der Waals surface area contributed by atoms with Crippen LogP contribution in [0.2, 0.25) is 0 Å². The van der Waals surface area contributed by atoms with Crippen molar-refractivity contribution in [2.45, 2.75) is 0 Å². The molecular weight excluding hydrogens is 392 g/mol. The fourth-order valence-corrected chi connectivity index (χ4v) is 2.74. The molecule has 6 heteroatoms. The van der Waals surface area contributed by atoms with Gasteiger partial charge in [0.25, 0.3) is 5.91 Å². The molecule has 26 heavy (non-hydrogen) atoms. The lowest BCUT2D eigenvalue weighted by Gasteiger charge is -2.01. The number of carbonyl (C=O) groups is 1. The van der Waals surface area contributed by atoms with E-state index in [4.69, 9.17) is 0 Å². The number of hydrogen-bond acceptors (Lipinski definition) is 3. The number of nitrogens with zero attached hydrogens (tertiary/aromatic N) is 3. The van der Waals surface area contributed by atoms with Crippen LogP contribution in [0.25, 0.3) is 23.0 Å². The second-order valence-corrected chi connectivity index (χ2v) is 6.38. The maximum atomic E-state index is 11.9. The zero-order valence-electron chi connectivity index (χ0n) is 14.0. The Bertz CT molecular complexity index is 999. The Hall–Kier alpha value is -3.17. The molecule has 2 aromatic carbocycles. The molecule has 1 amide bonds. The van der Waals surface area contributed by atoms with E-state index in [1.54, 1.807) is 10.8 Å². The molecule has 128 valence electrons. The highest BCUT2D eigenvalue weighted by atomic mass is 79.9. The molecule has 0 aliphatic carbocycles. The molecule has 3 aromatic rings. The normalized spacial score (nSPS) is 11.0. The minimum absolute atomic E-state index is 0.0264. The first-order chi connectivity index (χ1) is 12.6. The summed E-state index contributed by atoms with van der Waals surface area (Å²) >= 11 is 3.42. The van der Waals surface area contributed by atoms with Gasteiger partial charge in [0.2, 0.25) is 0 Å². The molecule has 1 heterocycles. The second-order valence-electron chi connectivity index (χ2n) is 5.47. The summed E-state index contributed by atoms with van der Waals surface area (Å²) in [4.78, 5) is 11.9. The van der Waals surface area contributed by atoms with Crippen LogP contribution in [0.15, 0.2) is 70.8 Å². The number of benzene rings is 2. The lowest BCUT2D eigenvalue weighted by atomic mass is 10.1. The van der Waals surface area contributed by atoms with E-state index in [2.05, 4.69) is 26.3 Å². The van der Waals surface area contributed by atoms with Crippen LogP contribution in [0.3, 0.4) is 0 Å². The topological polar surface area (TPSA) is 70.7 Å². The summed E-state index contributed by atoms with van der Waals surface area (Å²) in [5.74, 6) is -0.429. The standard InChI is InChI=1S/C20H15BrN4O/c1-23-20(26)15(12-22)11-16-13-25(18-5-3-2-4-6-18)24-19(16)14-7-9-17(21)10-8-14/h2-11,13H,1H3,(H,23,26)/b15-11+. The summed E-state index contributed by atoms with van der Waals surface area (Å²) in [5, 5.41) is 16.4. The van der Waals surface area contributed by atoms with Crippen molar-refractivity contribution < 1.29 is 4.79 Å². The van der Waals surface area contributed by atoms with Gasteiger partial charge in [0.15, 0.2) is 0 Å². The van der Waals surface area contributed by atoms with Crippen LogP contribution in [0, 0.1) is 11.3 Å². The molecule has 5 nitrogen and oxygen atoms in total. The van der Waals surface area contributed by atoms with Crippen molar-refractivity contribution in [2.75, 3.05) is 7.05 Å². The van der Waals surface area contributed by atoms with Crippen LogP contribution in [0.5, 0.6) is 0 Å². The fourth-order valence-electron chi connectivity index (χ4n) is 2.48. The van der Waals surface area contributed by atoms with Crippen LogP contribution in [0.1, 0.15) is 5.56 Å². The average molecular weight is 407 g/mol. The maximum Gasteiger partial charge on any atom is 0.261 e.